The highest BCUT2D eigenvalue weighted by molar-refractivity contribution is 7.86. The van der Waals surface area contributed by atoms with Gasteiger partial charge >= 0.3 is 0 Å². The number of piperazine rings is 1. The molecule has 0 atom stereocenters. The first-order valence-electron chi connectivity index (χ1n) is 9.51. The summed E-state index contributed by atoms with van der Waals surface area (Å²) in [6, 6.07) is 0. The van der Waals surface area contributed by atoms with Crippen molar-refractivity contribution in [3.05, 3.63) is 0 Å². The normalized spacial score (nSPS) is 17.6. The van der Waals surface area contributed by atoms with Crippen molar-refractivity contribution in [2.45, 2.75) is 51.4 Å². The van der Waals surface area contributed by atoms with Crippen LogP contribution in [0.4, 0.5) is 0 Å². The van der Waals surface area contributed by atoms with Crippen LogP contribution in [-0.4, -0.2) is 86.5 Å². The maximum atomic E-state index is 10.6. The molecule has 0 radical (unpaired) electrons. The van der Waals surface area contributed by atoms with Gasteiger partial charge in [-0.05, 0) is 38.8 Å². The van der Waals surface area contributed by atoms with Crippen LogP contribution in [0.5, 0.6) is 0 Å². The Kier molecular flexibility index (Phi) is 11.2. The maximum Gasteiger partial charge on any atom is 0.264 e. The van der Waals surface area contributed by atoms with Gasteiger partial charge in [0.15, 0.2) is 0 Å². The monoisotopic (exact) mass is 414 g/mol. The van der Waals surface area contributed by atoms with Crippen molar-refractivity contribution >= 4 is 20.2 Å². The van der Waals surface area contributed by atoms with Crippen LogP contribution in [0.3, 0.4) is 0 Å². The summed E-state index contributed by atoms with van der Waals surface area (Å²) in [5, 5.41) is 0. The van der Waals surface area contributed by atoms with Crippen molar-refractivity contribution in [1.29, 1.82) is 0 Å². The summed E-state index contributed by atoms with van der Waals surface area (Å²) in [4.78, 5) is 4.87. The quantitative estimate of drug-likeness (QED) is 0.325. The Morgan fingerprint density at radius 1 is 0.538 bits per heavy atom. The number of unbranched alkanes of at least 4 members (excludes halogenated alkanes) is 6. The van der Waals surface area contributed by atoms with Crippen molar-refractivity contribution < 1.29 is 25.9 Å². The minimum Gasteiger partial charge on any atom is -0.301 e. The molecule has 1 aliphatic rings. The molecule has 0 unspecified atom stereocenters. The van der Waals surface area contributed by atoms with Crippen molar-refractivity contribution in [2.24, 2.45) is 0 Å². The Morgan fingerprint density at radius 3 is 1.15 bits per heavy atom. The van der Waals surface area contributed by atoms with Crippen molar-refractivity contribution in [1.82, 2.24) is 9.80 Å². The van der Waals surface area contributed by atoms with Crippen molar-refractivity contribution in [2.75, 3.05) is 50.8 Å². The van der Waals surface area contributed by atoms with Gasteiger partial charge in [-0.1, -0.05) is 25.7 Å². The molecule has 0 aromatic carbocycles. The van der Waals surface area contributed by atoms with Gasteiger partial charge in [-0.25, -0.2) is 0 Å². The third-order valence-electron chi connectivity index (χ3n) is 4.72. The van der Waals surface area contributed by atoms with Gasteiger partial charge in [-0.2, -0.15) is 16.8 Å². The van der Waals surface area contributed by atoms with Gasteiger partial charge in [0.05, 0.1) is 11.5 Å². The van der Waals surface area contributed by atoms with Gasteiger partial charge in [0, 0.05) is 26.2 Å². The van der Waals surface area contributed by atoms with Gasteiger partial charge in [0.25, 0.3) is 20.2 Å². The van der Waals surface area contributed by atoms with E-state index in [9.17, 15) is 16.8 Å². The highest BCUT2D eigenvalue weighted by atomic mass is 32.2. The van der Waals surface area contributed by atoms with Gasteiger partial charge in [0.2, 0.25) is 0 Å². The minimum absolute atomic E-state index is 0.137. The molecule has 0 bridgehead atoms. The molecular formula is C16H34N2O6S2. The maximum absolute atomic E-state index is 10.6. The standard InChI is InChI=1S/C16H34N2O6S2/c19-25(20,21)15-7-3-1-5-9-17-11-13-18(14-12-17)10-6-2-4-8-16-26(22,23)24/h1-16H2,(H,19,20,21)(H,22,23,24). The van der Waals surface area contributed by atoms with Crippen LogP contribution < -0.4 is 0 Å². The Bertz CT molecular complexity index is 520. The molecular weight excluding hydrogens is 380 g/mol. The van der Waals surface area contributed by atoms with Crippen LogP contribution in [-0.2, 0) is 20.2 Å². The van der Waals surface area contributed by atoms with E-state index in [1.807, 2.05) is 0 Å². The molecule has 1 heterocycles. The zero-order valence-electron chi connectivity index (χ0n) is 15.6. The summed E-state index contributed by atoms with van der Waals surface area (Å²) in [5.74, 6) is -0.275. The van der Waals surface area contributed by atoms with Gasteiger partial charge in [-0.3, -0.25) is 9.11 Å². The van der Waals surface area contributed by atoms with E-state index >= 15 is 0 Å². The molecule has 1 rings (SSSR count). The van der Waals surface area contributed by atoms with E-state index in [4.69, 9.17) is 9.11 Å². The minimum atomic E-state index is -3.81. The zero-order valence-corrected chi connectivity index (χ0v) is 17.2. The highest BCUT2D eigenvalue weighted by Gasteiger charge is 2.15. The molecule has 1 saturated heterocycles. The summed E-state index contributed by atoms with van der Waals surface area (Å²) in [5.41, 5.74) is 0. The van der Waals surface area contributed by atoms with Gasteiger partial charge in [-0.15, -0.1) is 0 Å². The summed E-state index contributed by atoms with van der Waals surface area (Å²) in [7, 11) is -7.62. The third-order valence-corrected chi connectivity index (χ3v) is 6.33. The van der Waals surface area contributed by atoms with Crippen LogP contribution in [0.1, 0.15) is 51.4 Å². The number of rotatable bonds is 14. The van der Waals surface area contributed by atoms with Crippen LogP contribution >= 0.6 is 0 Å². The Balaban J connectivity index is 1.95. The smallest absolute Gasteiger partial charge is 0.264 e. The predicted octanol–water partition coefficient (Wildman–Crippen LogP) is 1.50. The zero-order chi connectivity index (χ0) is 19.5. The summed E-state index contributed by atoms with van der Waals surface area (Å²) < 4.78 is 59.8. The molecule has 156 valence electrons. The average Bonchev–Trinajstić information content (AvgIpc) is 2.53. The van der Waals surface area contributed by atoms with E-state index in [0.717, 1.165) is 77.8 Å². The predicted molar refractivity (Wildman–Crippen MR) is 103 cm³/mol. The molecule has 26 heavy (non-hydrogen) atoms. The molecule has 0 aromatic heterocycles. The number of hydrogen-bond donors (Lipinski definition) is 2. The van der Waals surface area contributed by atoms with Crippen LogP contribution in [0, 0.1) is 0 Å². The Morgan fingerprint density at radius 2 is 0.846 bits per heavy atom. The van der Waals surface area contributed by atoms with E-state index < -0.39 is 20.2 Å². The van der Waals surface area contributed by atoms with Gasteiger partial charge < -0.3 is 9.80 Å². The van der Waals surface area contributed by atoms with Crippen molar-refractivity contribution in [3.8, 4) is 0 Å². The fourth-order valence-corrected chi connectivity index (χ4v) is 4.32. The van der Waals surface area contributed by atoms with E-state index in [2.05, 4.69) is 9.80 Å². The fraction of sp³-hybridized carbons (Fsp3) is 1.00. The Labute approximate surface area is 158 Å². The molecule has 0 amide bonds. The summed E-state index contributed by atoms with van der Waals surface area (Å²) >= 11 is 0. The lowest BCUT2D eigenvalue weighted by Crippen LogP contribution is -2.46. The van der Waals surface area contributed by atoms with E-state index in [-0.39, 0.29) is 11.5 Å². The van der Waals surface area contributed by atoms with Crippen molar-refractivity contribution in [3.63, 3.8) is 0 Å². The third kappa shape index (κ3) is 13.9. The molecule has 0 aliphatic carbocycles. The molecule has 1 fully saturated rings. The highest BCUT2D eigenvalue weighted by Crippen LogP contribution is 2.09. The molecule has 2 N–H and O–H groups in total. The molecule has 0 spiro atoms. The van der Waals surface area contributed by atoms with E-state index in [1.54, 1.807) is 0 Å². The largest absolute Gasteiger partial charge is 0.301 e. The summed E-state index contributed by atoms with van der Waals surface area (Å²) in [6.07, 6.45) is 6.79. The second-order valence-corrected chi connectivity index (χ2v) is 10.2. The van der Waals surface area contributed by atoms with Crippen LogP contribution in [0.25, 0.3) is 0 Å². The second-order valence-electron chi connectivity index (χ2n) is 7.08. The lowest BCUT2D eigenvalue weighted by atomic mass is 10.1. The average molecular weight is 415 g/mol. The van der Waals surface area contributed by atoms with Gasteiger partial charge in [0.1, 0.15) is 0 Å². The lowest BCUT2D eigenvalue weighted by Gasteiger charge is -2.34. The molecule has 0 saturated carbocycles. The Hall–Kier alpha value is -0.260. The van der Waals surface area contributed by atoms with E-state index in [0.29, 0.717) is 12.8 Å². The van der Waals surface area contributed by atoms with Crippen LogP contribution in [0.2, 0.25) is 0 Å². The molecule has 10 heteroatoms. The molecule has 0 aromatic rings. The van der Waals surface area contributed by atoms with Crippen LogP contribution in [0.15, 0.2) is 0 Å². The molecule has 1 aliphatic heterocycles. The first kappa shape index (κ1) is 23.8. The SMILES string of the molecule is O=S(=O)(O)CCCCCCN1CCN(CCCCCCS(=O)(=O)O)CC1. The number of nitrogens with zero attached hydrogens (tertiary/aromatic N) is 2. The summed E-state index contributed by atoms with van der Waals surface area (Å²) in [6.45, 7) is 6.27. The molecule has 8 nitrogen and oxygen atoms in total. The van der Waals surface area contributed by atoms with E-state index in [1.165, 1.54) is 0 Å². The topological polar surface area (TPSA) is 115 Å². The number of hydrogen-bond acceptors (Lipinski definition) is 6. The lowest BCUT2D eigenvalue weighted by molar-refractivity contribution is 0.129. The fourth-order valence-electron chi connectivity index (χ4n) is 3.18. The first-order valence-corrected chi connectivity index (χ1v) is 12.7. The second kappa shape index (κ2) is 12.2. The first-order chi connectivity index (χ1) is 12.2.